The number of carbonyl (C=O) groups is 2. The Morgan fingerprint density at radius 3 is 2.36 bits per heavy atom. The van der Waals surface area contributed by atoms with Gasteiger partial charge in [-0.2, -0.15) is 18.3 Å². The van der Waals surface area contributed by atoms with Crippen molar-refractivity contribution >= 4 is 34.5 Å². The third-order valence-corrected chi connectivity index (χ3v) is 5.19. The molecule has 4 aromatic rings. The smallest absolute Gasteiger partial charge is 0.416 e. The van der Waals surface area contributed by atoms with Crippen molar-refractivity contribution in [3.63, 3.8) is 0 Å². The van der Waals surface area contributed by atoms with Crippen molar-refractivity contribution in [2.24, 2.45) is 5.10 Å². The van der Waals surface area contributed by atoms with E-state index >= 15 is 0 Å². The number of hydrogen-bond acceptors (Lipinski definition) is 4. The van der Waals surface area contributed by atoms with E-state index < -0.39 is 23.6 Å². The van der Waals surface area contributed by atoms with E-state index in [9.17, 15) is 22.8 Å². The summed E-state index contributed by atoms with van der Waals surface area (Å²) in [6.07, 6.45) is -3.24. The number of ether oxygens (including phenoxy) is 1. The molecule has 0 aliphatic carbocycles. The molecule has 2 N–H and O–H groups in total. The minimum atomic E-state index is -4.57. The molecular weight excluding hydrogens is 471 g/mol. The Balaban J connectivity index is 1.29. The first-order valence-corrected chi connectivity index (χ1v) is 10.8. The van der Waals surface area contributed by atoms with Crippen LogP contribution in [0.25, 0.3) is 10.8 Å². The molecule has 0 aliphatic rings. The van der Waals surface area contributed by atoms with Crippen LogP contribution in [0.5, 0.6) is 5.75 Å². The first-order chi connectivity index (χ1) is 17.3. The molecule has 0 aromatic heterocycles. The molecule has 2 amide bonds. The molecule has 36 heavy (non-hydrogen) atoms. The minimum absolute atomic E-state index is 0.159. The summed E-state index contributed by atoms with van der Waals surface area (Å²) in [7, 11) is 0. The zero-order valence-corrected chi connectivity index (χ0v) is 18.8. The van der Waals surface area contributed by atoms with Crippen molar-refractivity contribution in [2.75, 3.05) is 5.32 Å². The molecule has 0 aliphatic heterocycles. The zero-order valence-electron chi connectivity index (χ0n) is 18.8. The number of fused-ring (bicyclic) bond motifs is 1. The molecule has 0 heterocycles. The second-order valence-electron chi connectivity index (χ2n) is 7.73. The SMILES string of the molecule is O=C(N/N=C/c1ccc(OCc2cccc3ccccc23)cc1)C(=O)Nc1cccc(C(F)(F)F)c1. The van der Waals surface area contributed by atoms with Crippen LogP contribution in [0, 0.1) is 0 Å². The van der Waals surface area contributed by atoms with E-state index in [1.54, 1.807) is 24.3 Å². The number of rotatable bonds is 6. The van der Waals surface area contributed by atoms with Crippen LogP contribution in [0.3, 0.4) is 0 Å². The third-order valence-electron chi connectivity index (χ3n) is 5.19. The van der Waals surface area contributed by atoms with E-state index in [-0.39, 0.29) is 5.69 Å². The number of nitrogens with one attached hydrogen (secondary N) is 2. The van der Waals surface area contributed by atoms with Crippen LogP contribution in [-0.2, 0) is 22.4 Å². The van der Waals surface area contributed by atoms with Crippen molar-refractivity contribution in [2.45, 2.75) is 12.8 Å². The van der Waals surface area contributed by atoms with Gasteiger partial charge in [0.2, 0.25) is 0 Å². The number of halogens is 3. The highest BCUT2D eigenvalue weighted by Gasteiger charge is 2.30. The highest BCUT2D eigenvalue weighted by molar-refractivity contribution is 6.39. The maximum absolute atomic E-state index is 12.8. The summed E-state index contributed by atoms with van der Waals surface area (Å²) in [6, 6.07) is 25.0. The van der Waals surface area contributed by atoms with E-state index in [2.05, 4.69) is 10.4 Å². The van der Waals surface area contributed by atoms with Gasteiger partial charge in [-0.1, -0.05) is 48.5 Å². The normalized spacial score (nSPS) is 11.4. The maximum atomic E-state index is 12.8. The maximum Gasteiger partial charge on any atom is 0.416 e. The summed E-state index contributed by atoms with van der Waals surface area (Å²) in [6.45, 7) is 0.395. The molecule has 0 saturated heterocycles. The second-order valence-corrected chi connectivity index (χ2v) is 7.73. The fourth-order valence-corrected chi connectivity index (χ4v) is 3.41. The summed E-state index contributed by atoms with van der Waals surface area (Å²) in [4.78, 5) is 23.8. The quantitative estimate of drug-likeness (QED) is 0.212. The van der Waals surface area contributed by atoms with Gasteiger partial charge in [0, 0.05) is 5.69 Å². The molecule has 0 fully saturated rings. The predicted octanol–water partition coefficient (Wildman–Crippen LogP) is 5.53. The van der Waals surface area contributed by atoms with Crippen molar-refractivity contribution in [1.82, 2.24) is 5.43 Å². The number of carbonyl (C=O) groups excluding carboxylic acids is 2. The average Bonchev–Trinajstić information content (AvgIpc) is 2.87. The number of hydrogen-bond donors (Lipinski definition) is 2. The van der Waals surface area contributed by atoms with Gasteiger partial charge in [0.05, 0.1) is 11.8 Å². The summed E-state index contributed by atoms with van der Waals surface area (Å²) in [5.41, 5.74) is 2.63. The van der Waals surface area contributed by atoms with Crippen LogP contribution < -0.4 is 15.5 Å². The van der Waals surface area contributed by atoms with Crippen LogP contribution in [0.1, 0.15) is 16.7 Å². The Labute approximate surface area is 204 Å². The number of hydrazone groups is 1. The number of alkyl halides is 3. The van der Waals surface area contributed by atoms with Gasteiger partial charge in [0.1, 0.15) is 12.4 Å². The van der Waals surface area contributed by atoms with E-state index in [0.29, 0.717) is 17.9 Å². The van der Waals surface area contributed by atoms with Crippen molar-refractivity contribution in [1.29, 1.82) is 0 Å². The molecule has 0 saturated carbocycles. The number of benzene rings is 4. The fraction of sp³-hybridized carbons (Fsp3) is 0.0741. The molecule has 4 rings (SSSR count). The van der Waals surface area contributed by atoms with Gasteiger partial charge >= 0.3 is 18.0 Å². The largest absolute Gasteiger partial charge is 0.489 e. The molecular formula is C27H20F3N3O3. The molecule has 0 radical (unpaired) electrons. The summed E-state index contributed by atoms with van der Waals surface area (Å²) >= 11 is 0. The van der Waals surface area contributed by atoms with E-state index in [1.165, 1.54) is 12.3 Å². The van der Waals surface area contributed by atoms with Crippen molar-refractivity contribution < 1.29 is 27.5 Å². The Kier molecular flexibility index (Phi) is 7.29. The second kappa shape index (κ2) is 10.7. The van der Waals surface area contributed by atoms with Gasteiger partial charge in [0.15, 0.2) is 0 Å². The highest BCUT2D eigenvalue weighted by Crippen LogP contribution is 2.30. The molecule has 6 nitrogen and oxygen atoms in total. The molecule has 0 atom stereocenters. The summed E-state index contributed by atoms with van der Waals surface area (Å²) < 4.78 is 44.2. The van der Waals surface area contributed by atoms with Crippen LogP contribution in [-0.4, -0.2) is 18.0 Å². The van der Waals surface area contributed by atoms with Gasteiger partial charge in [-0.15, -0.1) is 0 Å². The van der Waals surface area contributed by atoms with Gasteiger partial charge in [0.25, 0.3) is 0 Å². The zero-order chi connectivity index (χ0) is 25.5. The van der Waals surface area contributed by atoms with Gasteiger partial charge in [-0.3, -0.25) is 9.59 Å². The lowest BCUT2D eigenvalue weighted by molar-refractivity contribution is -0.137. The Bertz CT molecular complexity index is 1410. The lowest BCUT2D eigenvalue weighted by Crippen LogP contribution is -2.32. The van der Waals surface area contributed by atoms with Gasteiger partial charge < -0.3 is 10.1 Å². The Morgan fingerprint density at radius 1 is 0.861 bits per heavy atom. The lowest BCUT2D eigenvalue weighted by atomic mass is 10.1. The van der Waals surface area contributed by atoms with Crippen LogP contribution in [0.2, 0.25) is 0 Å². The molecule has 9 heteroatoms. The summed E-state index contributed by atoms with van der Waals surface area (Å²) in [5, 5.41) is 8.08. The molecule has 0 spiro atoms. The average molecular weight is 491 g/mol. The molecule has 0 unspecified atom stereocenters. The third kappa shape index (κ3) is 6.26. The van der Waals surface area contributed by atoms with Crippen LogP contribution in [0.4, 0.5) is 18.9 Å². The van der Waals surface area contributed by atoms with E-state index in [4.69, 9.17) is 4.74 Å². The van der Waals surface area contributed by atoms with Crippen molar-refractivity contribution in [3.8, 4) is 5.75 Å². The topological polar surface area (TPSA) is 79.8 Å². The number of anilines is 1. The molecule has 4 aromatic carbocycles. The van der Waals surface area contributed by atoms with E-state index in [0.717, 1.165) is 34.5 Å². The number of amides is 2. The Hall–Kier alpha value is -4.66. The number of nitrogens with zero attached hydrogens (tertiary/aromatic N) is 1. The first kappa shape index (κ1) is 24.5. The lowest BCUT2D eigenvalue weighted by Gasteiger charge is -2.09. The van der Waals surface area contributed by atoms with Crippen LogP contribution >= 0.6 is 0 Å². The molecule has 182 valence electrons. The Morgan fingerprint density at radius 2 is 1.58 bits per heavy atom. The highest BCUT2D eigenvalue weighted by atomic mass is 19.4. The molecule has 0 bridgehead atoms. The van der Waals surface area contributed by atoms with Crippen molar-refractivity contribution in [3.05, 3.63) is 108 Å². The minimum Gasteiger partial charge on any atom is -0.489 e. The summed E-state index contributed by atoms with van der Waals surface area (Å²) in [5.74, 6) is -1.63. The van der Waals surface area contributed by atoms with Gasteiger partial charge in [-0.25, -0.2) is 5.43 Å². The monoisotopic (exact) mass is 491 g/mol. The van der Waals surface area contributed by atoms with Gasteiger partial charge in [-0.05, 0) is 64.4 Å². The predicted molar refractivity (Wildman–Crippen MR) is 131 cm³/mol. The standard InChI is InChI=1S/C27H20F3N3O3/c28-27(29,30)21-8-4-9-22(15-21)32-25(34)26(35)33-31-16-18-11-13-23(14-12-18)36-17-20-7-3-6-19-5-1-2-10-24(19)20/h1-16H,17H2,(H,32,34)(H,33,35)/b31-16+. The van der Waals surface area contributed by atoms with Crippen LogP contribution in [0.15, 0.2) is 96.1 Å². The first-order valence-electron chi connectivity index (χ1n) is 10.8. The van der Waals surface area contributed by atoms with E-state index in [1.807, 2.05) is 47.9 Å². The fourth-order valence-electron chi connectivity index (χ4n) is 3.41.